The number of carbonyl (C=O) groups is 1. The highest BCUT2D eigenvalue weighted by Crippen LogP contribution is 2.20. The minimum Gasteiger partial charge on any atom is -0.396 e. The molecule has 0 aliphatic carbocycles. The summed E-state index contributed by atoms with van der Waals surface area (Å²) in [5.74, 6) is -0.494. The normalized spacial score (nSPS) is 23.0. The van der Waals surface area contributed by atoms with Crippen molar-refractivity contribution in [2.24, 2.45) is 0 Å². The summed E-state index contributed by atoms with van der Waals surface area (Å²) in [6, 6.07) is 3.99. The van der Waals surface area contributed by atoms with Crippen LogP contribution in [0, 0.1) is 5.82 Å². The van der Waals surface area contributed by atoms with Gasteiger partial charge in [-0.2, -0.15) is 0 Å². The van der Waals surface area contributed by atoms with Crippen molar-refractivity contribution in [2.75, 3.05) is 23.4 Å². The van der Waals surface area contributed by atoms with E-state index < -0.39 is 16.6 Å². The summed E-state index contributed by atoms with van der Waals surface area (Å²) in [6.45, 7) is 2.52. The van der Waals surface area contributed by atoms with Crippen LogP contribution in [0.1, 0.15) is 19.8 Å². The Morgan fingerprint density at radius 1 is 1.57 bits per heavy atom. The molecular formula is C14H19FN2O3S. The summed E-state index contributed by atoms with van der Waals surface area (Å²) in [6.07, 6.45) is 0.891. The van der Waals surface area contributed by atoms with E-state index in [1.54, 1.807) is 0 Å². The first-order valence-electron chi connectivity index (χ1n) is 6.81. The van der Waals surface area contributed by atoms with Crippen molar-refractivity contribution in [2.45, 2.75) is 31.1 Å². The lowest BCUT2D eigenvalue weighted by Crippen LogP contribution is -2.26. The number of carbonyl (C=O) groups excluding carboxylic acids is 1. The highest BCUT2D eigenvalue weighted by molar-refractivity contribution is 7.85. The molecule has 1 amide bonds. The first-order chi connectivity index (χ1) is 9.97. The van der Waals surface area contributed by atoms with E-state index >= 15 is 0 Å². The Hall–Kier alpha value is -1.47. The summed E-state index contributed by atoms with van der Waals surface area (Å²) in [5, 5.41) is 2.62. The maximum Gasteiger partial charge on any atom is 0.225 e. The van der Waals surface area contributed by atoms with Crippen LogP contribution in [0.5, 0.6) is 0 Å². The molecule has 0 saturated carbocycles. The molecule has 21 heavy (non-hydrogen) atoms. The number of nitrogens with two attached hydrogens (primary N) is 1. The summed E-state index contributed by atoms with van der Waals surface area (Å²) in [4.78, 5) is 11.8. The molecule has 1 aromatic rings. The zero-order chi connectivity index (χ0) is 15.4. The van der Waals surface area contributed by atoms with Crippen molar-refractivity contribution >= 4 is 28.1 Å². The van der Waals surface area contributed by atoms with Crippen LogP contribution in [0.2, 0.25) is 0 Å². The Morgan fingerprint density at radius 3 is 2.95 bits per heavy atom. The second-order valence-corrected chi connectivity index (χ2v) is 6.80. The number of amides is 1. The molecule has 1 saturated heterocycles. The van der Waals surface area contributed by atoms with Gasteiger partial charge in [-0.05, 0) is 31.5 Å². The van der Waals surface area contributed by atoms with Gasteiger partial charge < -0.3 is 15.8 Å². The fourth-order valence-corrected chi connectivity index (χ4v) is 3.80. The third-order valence-corrected chi connectivity index (χ3v) is 5.36. The number of nitrogens with one attached hydrogen (secondary N) is 1. The Kier molecular flexibility index (Phi) is 5.30. The molecule has 5 nitrogen and oxygen atoms in total. The monoisotopic (exact) mass is 314 g/mol. The minimum absolute atomic E-state index is 0.000680. The highest BCUT2D eigenvalue weighted by Gasteiger charge is 2.29. The van der Waals surface area contributed by atoms with E-state index in [-0.39, 0.29) is 29.4 Å². The number of halogens is 1. The zero-order valence-corrected chi connectivity index (χ0v) is 12.6. The zero-order valence-electron chi connectivity index (χ0n) is 11.8. The number of anilines is 2. The molecule has 0 aromatic heterocycles. The van der Waals surface area contributed by atoms with Crippen molar-refractivity contribution in [3.8, 4) is 0 Å². The van der Waals surface area contributed by atoms with Crippen molar-refractivity contribution < 1.29 is 18.1 Å². The van der Waals surface area contributed by atoms with Gasteiger partial charge in [0.05, 0.1) is 17.0 Å². The van der Waals surface area contributed by atoms with Gasteiger partial charge in [-0.3, -0.25) is 9.00 Å². The number of rotatable bonds is 5. The lowest BCUT2D eigenvalue weighted by atomic mass is 10.2. The SMILES string of the molecule is CC1OCCC1S(=O)CCC(=O)Nc1ccc(F)c(N)c1. The van der Waals surface area contributed by atoms with E-state index in [0.29, 0.717) is 18.0 Å². The summed E-state index contributed by atoms with van der Waals surface area (Å²) < 4.78 is 30.5. The fraction of sp³-hybridized carbons (Fsp3) is 0.500. The molecule has 1 aromatic carbocycles. The Balaban J connectivity index is 1.81. The molecule has 0 spiro atoms. The van der Waals surface area contributed by atoms with Gasteiger partial charge in [0.2, 0.25) is 5.91 Å². The number of ether oxygens (including phenoxy) is 1. The average molecular weight is 314 g/mol. The van der Waals surface area contributed by atoms with Gasteiger partial charge in [0.15, 0.2) is 0 Å². The third-order valence-electron chi connectivity index (χ3n) is 3.45. The van der Waals surface area contributed by atoms with E-state index in [1.807, 2.05) is 6.92 Å². The summed E-state index contributed by atoms with van der Waals surface area (Å²) >= 11 is 0. The van der Waals surface area contributed by atoms with Crippen LogP contribution in [-0.2, 0) is 20.3 Å². The number of hydrogen-bond acceptors (Lipinski definition) is 4. The molecule has 3 N–H and O–H groups in total. The van der Waals surface area contributed by atoms with Crippen LogP contribution in [0.25, 0.3) is 0 Å². The number of hydrogen-bond donors (Lipinski definition) is 2. The Bertz CT molecular complexity index is 553. The van der Waals surface area contributed by atoms with Gasteiger partial charge >= 0.3 is 0 Å². The maximum absolute atomic E-state index is 13.0. The van der Waals surface area contributed by atoms with Crippen LogP contribution in [-0.4, -0.2) is 33.8 Å². The smallest absolute Gasteiger partial charge is 0.225 e. The molecule has 7 heteroatoms. The topological polar surface area (TPSA) is 81.4 Å². The molecule has 116 valence electrons. The average Bonchev–Trinajstić information content (AvgIpc) is 2.86. The number of nitrogen functional groups attached to an aromatic ring is 1. The molecular weight excluding hydrogens is 295 g/mol. The molecule has 1 aliphatic heterocycles. The second kappa shape index (κ2) is 7.00. The maximum atomic E-state index is 13.0. The first kappa shape index (κ1) is 15.9. The van der Waals surface area contributed by atoms with Gasteiger partial charge in [-0.1, -0.05) is 0 Å². The lowest BCUT2D eigenvalue weighted by Gasteiger charge is -2.13. The van der Waals surface area contributed by atoms with Gasteiger partial charge in [0.25, 0.3) is 0 Å². The molecule has 0 radical (unpaired) electrons. The largest absolute Gasteiger partial charge is 0.396 e. The summed E-state index contributed by atoms with van der Waals surface area (Å²) in [7, 11) is -1.08. The second-order valence-electron chi connectivity index (χ2n) is 5.02. The fourth-order valence-electron chi connectivity index (χ4n) is 2.25. The predicted octanol–water partition coefficient (Wildman–Crippen LogP) is 1.66. The van der Waals surface area contributed by atoms with Gasteiger partial charge in [0, 0.05) is 35.3 Å². The van der Waals surface area contributed by atoms with Crippen LogP contribution in [0.3, 0.4) is 0 Å². The molecule has 3 atom stereocenters. The van der Waals surface area contributed by atoms with Crippen molar-refractivity contribution in [3.63, 3.8) is 0 Å². The van der Waals surface area contributed by atoms with Crippen molar-refractivity contribution in [1.82, 2.24) is 0 Å². The van der Waals surface area contributed by atoms with E-state index in [4.69, 9.17) is 10.5 Å². The van der Waals surface area contributed by atoms with E-state index in [2.05, 4.69) is 5.32 Å². The van der Waals surface area contributed by atoms with Crippen molar-refractivity contribution in [3.05, 3.63) is 24.0 Å². The van der Waals surface area contributed by atoms with Crippen LogP contribution < -0.4 is 11.1 Å². The molecule has 1 fully saturated rings. The van der Waals surface area contributed by atoms with Crippen molar-refractivity contribution in [1.29, 1.82) is 0 Å². The Morgan fingerprint density at radius 2 is 2.33 bits per heavy atom. The summed E-state index contributed by atoms with van der Waals surface area (Å²) in [5.41, 5.74) is 5.84. The van der Waals surface area contributed by atoms with Gasteiger partial charge in [-0.15, -0.1) is 0 Å². The first-order valence-corrected chi connectivity index (χ1v) is 8.19. The van der Waals surface area contributed by atoms with E-state index in [1.165, 1.54) is 18.2 Å². The lowest BCUT2D eigenvalue weighted by molar-refractivity contribution is -0.115. The number of benzene rings is 1. The predicted molar refractivity (Wildman–Crippen MR) is 80.9 cm³/mol. The highest BCUT2D eigenvalue weighted by atomic mass is 32.2. The van der Waals surface area contributed by atoms with Gasteiger partial charge in [0.1, 0.15) is 5.82 Å². The van der Waals surface area contributed by atoms with Crippen LogP contribution in [0.15, 0.2) is 18.2 Å². The van der Waals surface area contributed by atoms with E-state index in [0.717, 1.165) is 6.42 Å². The van der Waals surface area contributed by atoms with Gasteiger partial charge in [-0.25, -0.2) is 4.39 Å². The molecule has 3 unspecified atom stereocenters. The minimum atomic E-state index is -1.08. The quantitative estimate of drug-likeness (QED) is 0.810. The third kappa shape index (κ3) is 4.25. The Labute approximate surface area is 125 Å². The molecule has 0 bridgehead atoms. The standard InChI is InChI=1S/C14H19FN2O3S/c1-9-13(4-6-20-9)21(19)7-5-14(18)17-10-2-3-11(15)12(16)8-10/h2-3,8-9,13H,4-7,16H2,1H3,(H,17,18). The van der Waals surface area contributed by atoms with Crippen LogP contribution >= 0.6 is 0 Å². The molecule has 2 rings (SSSR count). The molecule has 1 aliphatic rings. The van der Waals surface area contributed by atoms with Crippen LogP contribution in [0.4, 0.5) is 15.8 Å². The molecule has 1 heterocycles. The van der Waals surface area contributed by atoms with E-state index in [9.17, 15) is 13.4 Å².